The molecule has 0 atom stereocenters. The molecule has 0 radical (unpaired) electrons. The lowest BCUT2D eigenvalue weighted by atomic mass is 10.2. The van der Waals surface area contributed by atoms with Crippen LogP contribution in [0.5, 0.6) is 0 Å². The Balaban J connectivity index is 1.87. The van der Waals surface area contributed by atoms with Gasteiger partial charge in [-0.05, 0) is 18.2 Å². The Morgan fingerprint density at radius 3 is 2.56 bits per heavy atom. The van der Waals surface area contributed by atoms with E-state index in [1.807, 2.05) is 0 Å². The maximum Gasteiger partial charge on any atom is 0.331 e. The summed E-state index contributed by atoms with van der Waals surface area (Å²) in [6.07, 6.45) is 1.18. The Morgan fingerprint density at radius 1 is 1.19 bits per heavy atom. The maximum absolute atomic E-state index is 12.2. The molecule has 0 aliphatic carbocycles. The Kier molecular flexibility index (Phi) is 5.13. The van der Waals surface area contributed by atoms with Crippen LogP contribution in [0, 0.1) is 10.1 Å². The molecule has 1 heterocycles. The number of hydrogen-bond donors (Lipinski definition) is 2. The molecule has 0 bridgehead atoms. The molecule has 0 aliphatic rings. The normalized spacial score (nSPS) is 10.9. The number of amides is 1. The summed E-state index contributed by atoms with van der Waals surface area (Å²) in [6.45, 7) is 0. The van der Waals surface area contributed by atoms with Crippen molar-refractivity contribution in [3.05, 3.63) is 91.6 Å². The molecule has 3 rings (SSSR count). The van der Waals surface area contributed by atoms with Crippen LogP contribution in [0.1, 0.15) is 16.1 Å². The summed E-state index contributed by atoms with van der Waals surface area (Å²) in [5.74, 6) is -0.765. The number of hydrogen-bond acceptors (Lipinski definition) is 5. The number of hydrazone groups is 1. The molecule has 1 aromatic heterocycles. The fourth-order valence-corrected chi connectivity index (χ4v) is 2.62. The smallest absolute Gasteiger partial charge is 0.296 e. The third kappa shape index (κ3) is 3.77. The molecule has 2 N–H and O–H groups in total. The van der Waals surface area contributed by atoms with Crippen molar-refractivity contribution in [2.45, 2.75) is 0 Å². The minimum atomic E-state index is -0.765. The number of benzene rings is 2. The van der Waals surface area contributed by atoms with E-state index in [4.69, 9.17) is 11.6 Å². The molecular formula is C17H12ClN5O4. The van der Waals surface area contributed by atoms with E-state index >= 15 is 0 Å². The van der Waals surface area contributed by atoms with Crippen LogP contribution < -0.4 is 11.1 Å². The summed E-state index contributed by atoms with van der Waals surface area (Å²) in [4.78, 5) is 37.1. The van der Waals surface area contributed by atoms with Gasteiger partial charge >= 0.3 is 5.69 Å². The minimum Gasteiger partial charge on any atom is -0.296 e. The molecule has 9 nitrogen and oxygen atoms in total. The average Bonchev–Trinajstić information content (AvgIpc) is 2.95. The Hall–Kier alpha value is -3.72. The van der Waals surface area contributed by atoms with Crippen molar-refractivity contribution in [1.29, 1.82) is 0 Å². The summed E-state index contributed by atoms with van der Waals surface area (Å²) in [5, 5.41) is 14.8. The summed E-state index contributed by atoms with van der Waals surface area (Å²) in [7, 11) is 0. The second kappa shape index (κ2) is 7.67. The highest BCUT2D eigenvalue weighted by molar-refractivity contribution is 6.31. The van der Waals surface area contributed by atoms with Gasteiger partial charge < -0.3 is 0 Å². The molecule has 0 saturated heterocycles. The topological polar surface area (TPSA) is 122 Å². The number of nitro groups is 1. The van der Waals surface area contributed by atoms with Crippen molar-refractivity contribution >= 4 is 29.4 Å². The second-order valence-electron chi connectivity index (χ2n) is 5.27. The van der Waals surface area contributed by atoms with Crippen molar-refractivity contribution in [1.82, 2.24) is 15.0 Å². The van der Waals surface area contributed by atoms with E-state index in [0.29, 0.717) is 5.69 Å². The van der Waals surface area contributed by atoms with Gasteiger partial charge in [0.1, 0.15) is 16.4 Å². The molecule has 2 aromatic carbocycles. The lowest BCUT2D eigenvalue weighted by Crippen LogP contribution is -2.20. The fraction of sp³-hybridized carbons (Fsp3) is 0. The number of imidazole rings is 1. The number of H-pyrrole nitrogens is 1. The molecule has 0 spiro atoms. The van der Waals surface area contributed by atoms with Crippen molar-refractivity contribution < 1.29 is 9.72 Å². The number of carbonyl (C=O) groups excluding carboxylic acids is 1. The van der Waals surface area contributed by atoms with Crippen molar-refractivity contribution in [2.24, 2.45) is 5.10 Å². The van der Waals surface area contributed by atoms with Crippen molar-refractivity contribution in [2.75, 3.05) is 0 Å². The van der Waals surface area contributed by atoms with Crippen LogP contribution in [-0.4, -0.2) is 26.6 Å². The lowest BCUT2D eigenvalue weighted by Gasteiger charge is -2.04. The molecular weight excluding hydrogens is 374 g/mol. The number of nitrogens with one attached hydrogen (secondary N) is 2. The average molecular weight is 386 g/mol. The molecule has 27 heavy (non-hydrogen) atoms. The quantitative estimate of drug-likeness (QED) is 0.398. The molecule has 136 valence electrons. The van der Waals surface area contributed by atoms with E-state index in [1.165, 1.54) is 35.0 Å². The SMILES string of the molecule is O=C(NN=Cc1c(Cl)[nH]c(=O)n1-c1ccccc1)c1ccccc1[N+](=O)[O-]. The first-order valence-electron chi connectivity index (χ1n) is 7.62. The van der Waals surface area contributed by atoms with E-state index < -0.39 is 16.5 Å². The first-order chi connectivity index (χ1) is 13.0. The van der Waals surface area contributed by atoms with Crippen LogP contribution in [0.15, 0.2) is 64.5 Å². The van der Waals surface area contributed by atoms with E-state index in [0.717, 1.165) is 0 Å². The third-order valence-electron chi connectivity index (χ3n) is 3.60. The van der Waals surface area contributed by atoms with Gasteiger partial charge in [0.05, 0.1) is 16.8 Å². The lowest BCUT2D eigenvalue weighted by molar-refractivity contribution is -0.385. The predicted octanol–water partition coefficient (Wildman–Crippen LogP) is 2.49. The zero-order chi connectivity index (χ0) is 19.4. The second-order valence-corrected chi connectivity index (χ2v) is 5.65. The number of nitrogens with zero attached hydrogens (tertiary/aromatic N) is 3. The third-order valence-corrected chi connectivity index (χ3v) is 3.89. The summed E-state index contributed by atoms with van der Waals surface area (Å²) in [6, 6.07) is 14.2. The number of carbonyl (C=O) groups is 1. The Bertz CT molecular complexity index is 1090. The summed E-state index contributed by atoms with van der Waals surface area (Å²) < 4.78 is 1.28. The van der Waals surface area contributed by atoms with Gasteiger partial charge in [-0.2, -0.15) is 5.10 Å². The van der Waals surface area contributed by atoms with E-state index in [9.17, 15) is 19.7 Å². The number of rotatable bonds is 5. The van der Waals surface area contributed by atoms with Crippen LogP contribution in [0.2, 0.25) is 5.15 Å². The van der Waals surface area contributed by atoms with Crippen LogP contribution in [0.3, 0.4) is 0 Å². The van der Waals surface area contributed by atoms with Crippen LogP contribution in [0.4, 0.5) is 5.69 Å². The van der Waals surface area contributed by atoms with Crippen molar-refractivity contribution in [3.63, 3.8) is 0 Å². The number of aromatic amines is 1. The van der Waals surface area contributed by atoms with Crippen LogP contribution >= 0.6 is 11.6 Å². The van der Waals surface area contributed by atoms with Gasteiger partial charge in [-0.25, -0.2) is 10.2 Å². The first-order valence-corrected chi connectivity index (χ1v) is 7.99. The molecule has 0 fully saturated rings. The molecule has 0 unspecified atom stereocenters. The zero-order valence-corrected chi connectivity index (χ0v) is 14.4. The van der Waals surface area contributed by atoms with Crippen molar-refractivity contribution in [3.8, 4) is 5.69 Å². The highest BCUT2D eigenvalue weighted by Gasteiger charge is 2.19. The first kappa shape index (κ1) is 18.1. The van der Waals surface area contributed by atoms with Gasteiger partial charge in [0.2, 0.25) is 0 Å². The van der Waals surface area contributed by atoms with E-state index in [2.05, 4.69) is 15.5 Å². The zero-order valence-electron chi connectivity index (χ0n) is 13.6. The Morgan fingerprint density at radius 2 is 1.85 bits per heavy atom. The summed E-state index contributed by atoms with van der Waals surface area (Å²) in [5.41, 5.74) is 2.01. The number of nitro benzene ring substituents is 1. The highest BCUT2D eigenvalue weighted by atomic mass is 35.5. The molecule has 3 aromatic rings. The van der Waals surface area contributed by atoms with Gasteiger partial charge in [-0.3, -0.25) is 24.5 Å². The molecule has 1 amide bonds. The van der Waals surface area contributed by atoms with Gasteiger partial charge in [0, 0.05) is 6.07 Å². The Labute approximate surface area is 157 Å². The van der Waals surface area contributed by atoms with Gasteiger partial charge in [0.15, 0.2) is 0 Å². The molecule has 0 saturated carbocycles. The molecule has 10 heteroatoms. The highest BCUT2D eigenvalue weighted by Crippen LogP contribution is 2.17. The molecule has 0 aliphatic heterocycles. The number of para-hydroxylation sites is 2. The predicted molar refractivity (Wildman–Crippen MR) is 99.6 cm³/mol. The maximum atomic E-state index is 12.2. The van der Waals surface area contributed by atoms with E-state index in [1.54, 1.807) is 30.3 Å². The monoisotopic (exact) mass is 385 g/mol. The fourth-order valence-electron chi connectivity index (χ4n) is 2.41. The largest absolute Gasteiger partial charge is 0.331 e. The summed E-state index contributed by atoms with van der Waals surface area (Å²) >= 11 is 6.03. The van der Waals surface area contributed by atoms with Gasteiger partial charge in [0.25, 0.3) is 11.6 Å². The van der Waals surface area contributed by atoms with Crippen LogP contribution in [-0.2, 0) is 0 Å². The van der Waals surface area contributed by atoms with E-state index in [-0.39, 0.29) is 22.1 Å². The minimum absolute atomic E-state index is 0.0348. The standard InChI is InChI=1S/C17H12ClN5O4/c18-15-14(22(17(25)20-15)11-6-2-1-3-7-11)10-19-21-16(24)12-8-4-5-9-13(12)23(26)27/h1-10H,(H,20,25)(H,21,24). The number of halogens is 1. The van der Waals surface area contributed by atoms with Gasteiger partial charge in [-0.1, -0.05) is 41.9 Å². The van der Waals surface area contributed by atoms with Crippen LogP contribution in [0.25, 0.3) is 5.69 Å². The van der Waals surface area contributed by atoms with Gasteiger partial charge in [-0.15, -0.1) is 0 Å². The number of aromatic nitrogens is 2.